The van der Waals surface area contributed by atoms with E-state index in [2.05, 4.69) is 6.07 Å². The summed E-state index contributed by atoms with van der Waals surface area (Å²) in [5.41, 5.74) is 2.34. The Morgan fingerprint density at radius 2 is 1.58 bits per heavy atom. The Hall–Kier alpha value is -3.02. The molecule has 0 saturated carbocycles. The summed E-state index contributed by atoms with van der Waals surface area (Å²) in [4.78, 5) is 29.0. The smallest absolute Gasteiger partial charge is 0.414 e. The molecule has 0 N–H and O–H groups in total. The Morgan fingerprint density at radius 1 is 0.935 bits per heavy atom. The van der Waals surface area contributed by atoms with Gasteiger partial charge in [0.15, 0.2) is 0 Å². The van der Waals surface area contributed by atoms with E-state index in [9.17, 15) is 9.59 Å². The van der Waals surface area contributed by atoms with Gasteiger partial charge in [0.2, 0.25) is 0 Å². The predicted molar refractivity (Wildman–Crippen MR) is 119 cm³/mol. The summed E-state index contributed by atoms with van der Waals surface area (Å²) in [5, 5.41) is 0. The molecule has 2 amide bonds. The van der Waals surface area contributed by atoms with Gasteiger partial charge in [-0.15, -0.1) is 0 Å². The third kappa shape index (κ3) is 4.53. The van der Waals surface area contributed by atoms with Gasteiger partial charge in [0.1, 0.15) is 12.2 Å². The molecule has 0 radical (unpaired) electrons. The lowest BCUT2D eigenvalue weighted by molar-refractivity contribution is 0.0561. The van der Waals surface area contributed by atoms with Gasteiger partial charge in [-0.3, -0.25) is 4.90 Å². The number of para-hydroxylation sites is 1. The monoisotopic (exact) mass is 422 g/mol. The molecule has 31 heavy (non-hydrogen) atoms. The summed E-state index contributed by atoms with van der Waals surface area (Å²) < 4.78 is 11.2. The Bertz CT molecular complexity index is 943. The molecule has 1 saturated heterocycles. The fraction of sp³-hybridized carbons (Fsp3) is 0.440. The van der Waals surface area contributed by atoms with E-state index < -0.39 is 5.60 Å². The second-order valence-corrected chi connectivity index (χ2v) is 9.39. The van der Waals surface area contributed by atoms with Crippen LogP contribution < -0.4 is 4.90 Å². The second kappa shape index (κ2) is 8.25. The first-order valence-corrected chi connectivity index (χ1v) is 10.8. The van der Waals surface area contributed by atoms with Crippen molar-refractivity contribution >= 4 is 17.9 Å². The Morgan fingerprint density at radius 3 is 2.26 bits per heavy atom. The summed E-state index contributed by atoms with van der Waals surface area (Å²) in [7, 11) is 0. The van der Waals surface area contributed by atoms with Gasteiger partial charge in [-0.1, -0.05) is 48.5 Å². The van der Waals surface area contributed by atoms with Crippen LogP contribution in [-0.2, 0) is 21.5 Å². The van der Waals surface area contributed by atoms with E-state index in [1.807, 2.05) is 69.3 Å². The quantitative estimate of drug-likeness (QED) is 0.675. The van der Waals surface area contributed by atoms with Crippen LogP contribution in [-0.4, -0.2) is 42.3 Å². The maximum atomic E-state index is 12.9. The van der Waals surface area contributed by atoms with Gasteiger partial charge in [0.05, 0.1) is 5.69 Å². The minimum atomic E-state index is -0.548. The van der Waals surface area contributed by atoms with Gasteiger partial charge < -0.3 is 14.4 Å². The summed E-state index contributed by atoms with van der Waals surface area (Å²) in [5.74, 6) is 0. The predicted octanol–water partition coefficient (Wildman–Crippen LogP) is 5.11. The second-order valence-electron chi connectivity index (χ2n) is 9.39. The van der Waals surface area contributed by atoms with Crippen molar-refractivity contribution in [3.63, 3.8) is 0 Å². The zero-order chi connectivity index (χ0) is 22.1. The molecule has 2 heterocycles. The SMILES string of the molecule is CC(C)(C)OC(=O)N1CC2(CCN(C(=O)OCc3ccccc3)CC2)c2ccccc21. The van der Waals surface area contributed by atoms with Crippen LogP contribution in [0.3, 0.4) is 0 Å². The van der Waals surface area contributed by atoms with Gasteiger partial charge in [-0.25, -0.2) is 9.59 Å². The molecule has 2 aliphatic heterocycles. The average molecular weight is 423 g/mol. The Kier molecular flexibility index (Phi) is 5.65. The highest BCUT2D eigenvalue weighted by Gasteiger charge is 2.47. The number of piperidine rings is 1. The molecule has 2 aromatic rings. The number of anilines is 1. The van der Waals surface area contributed by atoms with Crippen LogP contribution >= 0.6 is 0 Å². The van der Waals surface area contributed by atoms with Crippen molar-refractivity contribution in [1.82, 2.24) is 4.90 Å². The Labute approximate surface area is 183 Å². The van der Waals surface area contributed by atoms with E-state index in [4.69, 9.17) is 9.47 Å². The molecule has 2 aromatic carbocycles. The largest absolute Gasteiger partial charge is 0.445 e. The number of rotatable bonds is 2. The third-order valence-electron chi connectivity index (χ3n) is 6.02. The third-order valence-corrected chi connectivity index (χ3v) is 6.02. The number of hydrogen-bond acceptors (Lipinski definition) is 4. The lowest BCUT2D eigenvalue weighted by atomic mass is 9.74. The maximum absolute atomic E-state index is 12.9. The van der Waals surface area contributed by atoms with Gasteiger partial charge in [0.25, 0.3) is 0 Å². The average Bonchev–Trinajstić information content (AvgIpc) is 3.07. The first-order chi connectivity index (χ1) is 14.8. The minimum absolute atomic E-state index is 0.163. The van der Waals surface area contributed by atoms with Crippen LogP contribution in [0, 0.1) is 0 Å². The number of carbonyl (C=O) groups is 2. The molecule has 0 unspecified atom stereocenters. The van der Waals surface area contributed by atoms with E-state index in [0.29, 0.717) is 19.6 Å². The molecule has 1 fully saturated rings. The fourth-order valence-corrected chi connectivity index (χ4v) is 4.47. The molecule has 0 aromatic heterocycles. The molecule has 4 rings (SSSR count). The highest BCUT2D eigenvalue weighted by atomic mass is 16.6. The number of carbonyl (C=O) groups excluding carboxylic acids is 2. The molecule has 0 bridgehead atoms. The highest BCUT2D eigenvalue weighted by Crippen LogP contribution is 2.47. The van der Waals surface area contributed by atoms with Crippen molar-refractivity contribution < 1.29 is 19.1 Å². The molecular weight excluding hydrogens is 392 g/mol. The topological polar surface area (TPSA) is 59.1 Å². The zero-order valence-corrected chi connectivity index (χ0v) is 18.5. The van der Waals surface area contributed by atoms with Crippen molar-refractivity contribution in [1.29, 1.82) is 0 Å². The standard InChI is InChI=1S/C25H30N2O4/c1-24(2,3)31-23(29)27-18-25(20-11-7-8-12-21(20)27)13-15-26(16-14-25)22(28)30-17-19-9-5-4-6-10-19/h4-12H,13-18H2,1-3H3. The van der Waals surface area contributed by atoms with Crippen LogP contribution in [0.25, 0.3) is 0 Å². The van der Waals surface area contributed by atoms with E-state index in [1.54, 1.807) is 9.80 Å². The first-order valence-electron chi connectivity index (χ1n) is 10.8. The van der Waals surface area contributed by atoms with Crippen molar-refractivity contribution in [3.8, 4) is 0 Å². The zero-order valence-electron chi connectivity index (χ0n) is 18.5. The summed E-state index contributed by atoms with van der Waals surface area (Å²) >= 11 is 0. The number of nitrogens with zero attached hydrogens (tertiary/aromatic N) is 2. The van der Waals surface area contributed by atoms with E-state index >= 15 is 0 Å². The van der Waals surface area contributed by atoms with E-state index in [0.717, 1.165) is 29.7 Å². The number of fused-ring (bicyclic) bond motifs is 2. The number of likely N-dealkylation sites (tertiary alicyclic amines) is 1. The van der Waals surface area contributed by atoms with Crippen LogP contribution in [0.4, 0.5) is 15.3 Å². The fourth-order valence-electron chi connectivity index (χ4n) is 4.47. The van der Waals surface area contributed by atoms with Gasteiger partial charge in [-0.05, 0) is 50.8 Å². The lowest BCUT2D eigenvalue weighted by Crippen LogP contribution is -2.48. The number of ether oxygens (including phenoxy) is 2. The van der Waals surface area contributed by atoms with Crippen molar-refractivity contribution in [2.24, 2.45) is 0 Å². The molecule has 1 spiro atoms. The van der Waals surface area contributed by atoms with E-state index in [-0.39, 0.29) is 24.2 Å². The van der Waals surface area contributed by atoms with Crippen LogP contribution in [0.2, 0.25) is 0 Å². The number of amides is 2. The number of hydrogen-bond donors (Lipinski definition) is 0. The Balaban J connectivity index is 1.43. The van der Waals surface area contributed by atoms with Crippen LogP contribution in [0.1, 0.15) is 44.7 Å². The minimum Gasteiger partial charge on any atom is -0.445 e. The summed E-state index contributed by atoms with van der Waals surface area (Å²) in [6.45, 7) is 7.69. The van der Waals surface area contributed by atoms with Gasteiger partial charge >= 0.3 is 12.2 Å². The molecule has 6 nitrogen and oxygen atoms in total. The van der Waals surface area contributed by atoms with Gasteiger partial charge in [0, 0.05) is 25.0 Å². The molecular formula is C25H30N2O4. The first kappa shape index (κ1) is 21.2. The van der Waals surface area contributed by atoms with Crippen molar-refractivity contribution in [3.05, 3.63) is 65.7 Å². The summed E-state index contributed by atoms with van der Waals surface area (Å²) in [6.07, 6.45) is 0.962. The molecule has 2 aliphatic rings. The van der Waals surface area contributed by atoms with Crippen molar-refractivity contribution in [2.75, 3.05) is 24.5 Å². The van der Waals surface area contributed by atoms with Gasteiger partial charge in [-0.2, -0.15) is 0 Å². The molecule has 6 heteroatoms. The molecule has 0 atom stereocenters. The normalized spacial score (nSPS) is 17.4. The lowest BCUT2D eigenvalue weighted by Gasteiger charge is -2.39. The maximum Gasteiger partial charge on any atom is 0.414 e. The van der Waals surface area contributed by atoms with Crippen LogP contribution in [0.5, 0.6) is 0 Å². The molecule has 164 valence electrons. The summed E-state index contributed by atoms with van der Waals surface area (Å²) in [6, 6.07) is 17.7. The highest BCUT2D eigenvalue weighted by molar-refractivity contribution is 5.91. The van der Waals surface area contributed by atoms with E-state index in [1.165, 1.54) is 0 Å². The van der Waals surface area contributed by atoms with Crippen LogP contribution in [0.15, 0.2) is 54.6 Å². The van der Waals surface area contributed by atoms with Crippen molar-refractivity contribution in [2.45, 2.75) is 51.2 Å². The molecule has 0 aliphatic carbocycles. The number of benzene rings is 2.